The Kier molecular flexibility index (Phi) is 3.96. The van der Waals surface area contributed by atoms with Crippen molar-refractivity contribution in [1.82, 2.24) is 25.1 Å². The van der Waals surface area contributed by atoms with Crippen LogP contribution in [-0.2, 0) is 0 Å². The van der Waals surface area contributed by atoms with Crippen LogP contribution in [0.1, 0.15) is 16.9 Å². The summed E-state index contributed by atoms with van der Waals surface area (Å²) >= 11 is 1.61. The SMILES string of the molecule is O=C(c1cc(-c2cccs2)[nH]n1)N1CC[C@@H](Oc2ccncn2)C1. The first-order valence-corrected chi connectivity index (χ1v) is 8.49. The van der Waals surface area contributed by atoms with E-state index in [1.54, 1.807) is 34.6 Å². The molecule has 1 N–H and O–H groups in total. The Labute approximate surface area is 142 Å². The second kappa shape index (κ2) is 6.40. The van der Waals surface area contributed by atoms with E-state index in [2.05, 4.69) is 20.2 Å². The monoisotopic (exact) mass is 341 g/mol. The van der Waals surface area contributed by atoms with Gasteiger partial charge in [0, 0.05) is 25.2 Å². The fraction of sp³-hybridized carbons (Fsp3) is 0.250. The number of nitrogens with one attached hydrogen (secondary N) is 1. The summed E-state index contributed by atoms with van der Waals surface area (Å²) < 4.78 is 5.78. The maximum Gasteiger partial charge on any atom is 0.274 e. The Hall–Kier alpha value is -2.74. The van der Waals surface area contributed by atoms with E-state index in [4.69, 9.17) is 4.74 Å². The number of H-pyrrole nitrogens is 1. The number of likely N-dealkylation sites (tertiary alicyclic amines) is 1. The van der Waals surface area contributed by atoms with Crippen LogP contribution in [0.15, 0.2) is 42.2 Å². The van der Waals surface area contributed by atoms with Gasteiger partial charge in [-0.05, 0) is 17.5 Å². The molecule has 1 atom stereocenters. The molecule has 3 aromatic rings. The number of rotatable bonds is 4. The van der Waals surface area contributed by atoms with Gasteiger partial charge in [0.15, 0.2) is 5.69 Å². The summed E-state index contributed by atoms with van der Waals surface area (Å²) in [7, 11) is 0. The van der Waals surface area contributed by atoms with Gasteiger partial charge in [-0.25, -0.2) is 9.97 Å². The number of carbonyl (C=O) groups is 1. The molecule has 0 spiro atoms. The quantitative estimate of drug-likeness (QED) is 0.786. The van der Waals surface area contributed by atoms with Gasteiger partial charge in [0.25, 0.3) is 5.91 Å². The van der Waals surface area contributed by atoms with Crippen LogP contribution in [0, 0.1) is 0 Å². The average Bonchev–Trinajstić information content (AvgIpc) is 3.36. The van der Waals surface area contributed by atoms with E-state index >= 15 is 0 Å². The van der Waals surface area contributed by atoms with Gasteiger partial charge in [0.05, 0.1) is 17.1 Å². The zero-order valence-corrected chi connectivity index (χ0v) is 13.6. The van der Waals surface area contributed by atoms with Crippen LogP contribution in [-0.4, -0.2) is 50.2 Å². The predicted octanol–water partition coefficient (Wildman–Crippen LogP) is 2.22. The Balaban J connectivity index is 1.41. The summed E-state index contributed by atoms with van der Waals surface area (Å²) in [5.41, 5.74) is 1.29. The van der Waals surface area contributed by atoms with Gasteiger partial charge in [-0.1, -0.05) is 6.07 Å². The predicted molar refractivity (Wildman–Crippen MR) is 88.9 cm³/mol. The van der Waals surface area contributed by atoms with Gasteiger partial charge in [0.2, 0.25) is 5.88 Å². The molecule has 0 bridgehead atoms. The van der Waals surface area contributed by atoms with Gasteiger partial charge < -0.3 is 9.64 Å². The third-order valence-electron chi connectivity index (χ3n) is 3.86. The van der Waals surface area contributed by atoms with Crippen LogP contribution >= 0.6 is 11.3 Å². The van der Waals surface area contributed by atoms with Crippen molar-refractivity contribution in [3.8, 4) is 16.5 Å². The van der Waals surface area contributed by atoms with Crippen LogP contribution < -0.4 is 4.74 Å². The van der Waals surface area contributed by atoms with Gasteiger partial charge in [-0.2, -0.15) is 5.10 Å². The van der Waals surface area contributed by atoms with Crippen molar-refractivity contribution in [3.63, 3.8) is 0 Å². The molecule has 1 fully saturated rings. The number of nitrogens with zero attached hydrogens (tertiary/aromatic N) is 4. The summed E-state index contributed by atoms with van der Waals surface area (Å²) in [6.07, 6.45) is 3.80. The van der Waals surface area contributed by atoms with Crippen molar-refractivity contribution in [2.45, 2.75) is 12.5 Å². The standard InChI is InChI=1S/C16H15N5O2S/c22-16(13-8-12(19-20-13)14-2-1-7-24-14)21-6-4-11(9-21)23-15-3-5-17-10-18-15/h1-3,5,7-8,10-11H,4,6,9H2,(H,19,20)/t11-/m1/s1. The molecule has 0 aromatic carbocycles. The minimum Gasteiger partial charge on any atom is -0.472 e. The Morgan fingerprint density at radius 3 is 3.17 bits per heavy atom. The van der Waals surface area contributed by atoms with Crippen molar-refractivity contribution in [1.29, 1.82) is 0 Å². The average molecular weight is 341 g/mol. The molecule has 122 valence electrons. The molecule has 1 aliphatic rings. The lowest BCUT2D eigenvalue weighted by molar-refractivity contribution is 0.0765. The van der Waals surface area contributed by atoms with Crippen molar-refractivity contribution in [2.24, 2.45) is 0 Å². The topological polar surface area (TPSA) is 84.0 Å². The summed E-state index contributed by atoms with van der Waals surface area (Å²) in [5.74, 6) is 0.451. The molecule has 8 heteroatoms. The van der Waals surface area contributed by atoms with Crippen molar-refractivity contribution < 1.29 is 9.53 Å². The first-order chi connectivity index (χ1) is 11.8. The largest absolute Gasteiger partial charge is 0.472 e. The number of thiophene rings is 1. The van der Waals surface area contributed by atoms with Crippen molar-refractivity contribution in [2.75, 3.05) is 13.1 Å². The number of aromatic nitrogens is 4. The lowest BCUT2D eigenvalue weighted by Gasteiger charge is -2.15. The van der Waals surface area contributed by atoms with E-state index in [0.717, 1.165) is 17.0 Å². The molecule has 3 aromatic heterocycles. The summed E-state index contributed by atoms with van der Waals surface area (Å²) in [6.45, 7) is 1.18. The molecule has 0 unspecified atom stereocenters. The van der Waals surface area contributed by atoms with E-state index in [1.165, 1.54) is 6.33 Å². The van der Waals surface area contributed by atoms with E-state index in [0.29, 0.717) is 24.7 Å². The molecule has 1 amide bonds. The van der Waals surface area contributed by atoms with Gasteiger partial charge in [-0.15, -0.1) is 11.3 Å². The maximum atomic E-state index is 12.6. The molecule has 0 saturated carbocycles. The highest BCUT2D eigenvalue weighted by atomic mass is 32.1. The molecule has 7 nitrogen and oxygen atoms in total. The van der Waals surface area contributed by atoms with Crippen LogP contribution in [0.2, 0.25) is 0 Å². The fourth-order valence-electron chi connectivity index (χ4n) is 2.68. The highest BCUT2D eigenvalue weighted by Gasteiger charge is 2.29. The number of carbonyl (C=O) groups excluding carboxylic acids is 1. The Morgan fingerprint density at radius 1 is 1.42 bits per heavy atom. The van der Waals surface area contributed by atoms with Crippen LogP contribution in [0.4, 0.5) is 0 Å². The number of hydrogen-bond donors (Lipinski definition) is 1. The molecule has 4 rings (SSSR count). The second-order valence-electron chi connectivity index (χ2n) is 5.47. The molecule has 4 heterocycles. The third-order valence-corrected chi connectivity index (χ3v) is 4.76. The summed E-state index contributed by atoms with van der Waals surface area (Å²) in [4.78, 5) is 23.3. The van der Waals surface area contributed by atoms with Crippen LogP contribution in [0.3, 0.4) is 0 Å². The first-order valence-electron chi connectivity index (χ1n) is 7.61. The minimum atomic E-state index is -0.0807. The highest BCUT2D eigenvalue weighted by Crippen LogP contribution is 2.24. The lowest BCUT2D eigenvalue weighted by Crippen LogP contribution is -2.31. The normalized spacial score (nSPS) is 17.2. The van der Waals surface area contributed by atoms with E-state index in [1.807, 2.05) is 17.5 Å². The Morgan fingerprint density at radius 2 is 2.38 bits per heavy atom. The number of hydrogen-bond acceptors (Lipinski definition) is 6. The number of ether oxygens (including phenoxy) is 1. The van der Waals surface area contributed by atoms with Crippen molar-refractivity contribution >= 4 is 17.2 Å². The third kappa shape index (κ3) is 3.00. The lowest BCUT2D eigenvalue weighted by atomic mass is 10.3. The van der Waals surface area contributed by atoms with E-state index < -0.39 is 0 Å². The fourth-order valence-corrected chi connectivity index (χ4v) is 3.37. The summed E-state index contributed by atoms with van der Waals surface area (Å²) in [5, 5.41) is 9.08. The van der Waals surface area contributed by atoms with E-state index in [-0.39, 0.29) is 12.0 Å². The smallest absolute Gasteiger partial charge is 0.274 e. The highest BCUT2D eigenvalue weighted by molar-refractivity contribution is 7.13. The molecular formula is C16H15N5O2S. The van der Waals surface area contributed by atoms with Crippen LogP contribution in [0.5, 0.6) is 5.88 Å². The molecule has 1 aliphatic heterocycles. The van der Waals surface area contributed by atoms with Gasteiger partial charge in [0.1, 0.15) is 12.4 Å². The summed E-state index contributed by atoms with van der Waals surface area (Å²) in [6, 6.07) is 7.48. The maximum absolute atomic E-state index is 12.6. The van der Waals surface area contributed by atoms with E-state index in [9.17, 15) is 4.79 Å². The van der Waals surface area contributed by atoms with Gasteiger partial charge in [-0.3, -0.25) is 9.89 Å². The number of amides is 1. The Bertz CT molecular complexity index is 818. The molecule has 0 radical (unpaired) electrons. The minimum absolute atomic E-state index is 0.0560. The first kappa shape index (κ1) is 14.8. The molecular weight excluding hydrogens is 326 g/mol. The van der Waals surface area contributed by atoms with Crippen molar-refractivity contribution in [3.05, 3.63) is 47.9 Å². The van der Waals surface area contributed by atoms with Crippen LogP contribution in [0.25, 0.3) is 10.6 Å². The molecule has 0 aliphatic carbocycles. The zero-order chi connectivity index (χ0) is 16.4. The molecule has 1 saturated heterocycles. The number of aromatic amines is 1. The second-order valence-corrected chi connectivity index (χ2v) is 6.42. The molecule has 24 heavy (non-hydrogen) atoms. The van der Waals surface area contributed by atoms with Gasteiger partial charge >= 0.3 is 0 Å². The zero-order valence-electron chi connectivity index (χ0n) is 12.8.